The van der Waals surface area contributed by atoms with Crippen LogP contribution in [0, 0.1) is 5.41 Å². The molecule has 4 aromatic carbocycles. The second kappa shape index (κ2) is 8.45. The number of hydrogen-bond donors (Lipinski definition) is 0. The highest BCUT2D eigenvalue weighted by atomic mass is 19.4. The molecule has 0 unspecified atom stereocenters. The summed E-state index contributed by atoms with van der Waals surface area (Å²) in [4.78, 5) is 4.95. The SMILES string of the molecule is CC(C)(C)c1cc(-c2nccc3c4cccc5c6c(CC(C)(C)C(F)(F)F)cccc6n(c23)c45)cc2ccccc12. The average molecular weight is 549 g/mol. The summed E-state index contributed by atoms with van der Waals surface area (Å²) in [5, 5.41) is 6.41. The van der Waals surface area contributed by atoms with Gasteiger partial charge in [0, 0.05) is 33.3 Å². The number of para-hydroxylation sites is 1. The van der Waals surface area contributed by atoms with Crippen LogP contribution in [0.2, 0.25) is 0 Å². The fourth-order valence-electron chi connectivity index (χ4n) is 6.54. The lowest BCUT2D eigenvalue weighted by Gasteiger charge is -2.28. The van der Waals surface area contributed by atoms with Crippen LogP contribution in [0.25, 0.3) is 60.1 Å². The Morgan fingerprint density at radius 1 is 0.707 bits per heavy atom. The van der Waals surface area contributed by atoms with Crippen molar-refractivity contribution in [2.75, 3.05) is 0 Å². The maximum Gasteiger partial charge on any atom is 0.394 e. The highest BCUT2D eigenvalue weighted by Gasteiger charge is 2.47. The van der Waals surface area contributed by atoms with Gasteiger partial charge in [0.25, 0.3) is 0 Å². The van der Waals surface area contributed by atoms with Crippen LogP contribution >= 0.6 is 0 Å². The average Bonchev–Trinajstić information content (AvgIpc) is 3.44. The minimum atomic E-state index is -4.31. The van der Waals surface area contributed by atoms with E-state index in [4.69, 9.17) is 4.98 Å². The number of hydrogen-bond acceptors (Lipinski definition) is 1. The van der Waals surface area contributed by atoms with Crippen molar-refractivity contribution in [1.29, 1.82) is 0 Å². The lowest BCUT2D eigenvalue weighted by molar-refractivity contribution is -0.210. The summed E-state index contributed by atoms with van der Waals surface area (Å²) < 4.78 is 44.1. The largest absolute Gasteiger partial charge is 0.394 e. The zero-order chi connectivity index (χ0) is 28.9. The molecular formula is C36H31F3N2. The Labute approximate surface area is 236 Å². The van der Waals surface area contributed by atoms with Crippen molar-refractivity contribution in [3.05, 3.63) is 96.2 Å². The van der Waals surface area contributed by atoms with E-state index >= 15 is 0 Å². The molecule has 0 N–H and O–H groups in total. The second-order valence-corrected chi connectivity index (χ2v) is 13.0. The first kappa shape index (κ1) is 25.8. The number of rotatable bonds is 3. The number of benzene rings is 4. The molecule has 0 bridgehead atoms. The van der Waals surface area contributed by atoms with E-state index < -0.39 is 11.6 Å². The maximum atomic E-state index is 14.0. The van der Waals surface area contributed by atoms with Gasteiger partial charge in [-0.15, -0.1) is 0 Å². The molecular weight excluding hydrogens is 517 g/mol. The van der Waals surface area contributed by atoms with Gasteiger partial charge in [0.05, 0.1) is 27.7 Å². The fraction of sp³-hybridized carbons (Fsp3) is 0.250. The predicted octanol–water partition coefficient (Wildman–Crippen LogP) is 10.5. The molecule has 3 aromatic heterocycles. The second-order valence-electron chi connectivity index (χ2n) is 13.0. The molecule has 2 nitrogen and oxygen atoms in total. The summed E-state index contributed by atoms with van der Waals surface area (Å²) in [6.45, 7) is 9.25. The molecule has 7 aromatic rings. The van der Waals surface area contributed by atoms with E-state index in [1.165, 1.54) is 24.8 Å². The van der Waals surface area contributed by atoms with Gasteiger partial charge in [0.2, 0.25) is 0 Å². The molecule has 0 spiro atoms. The Morgan fingerprint density at radius 3 is 2.15 bits per heavy atom. The van der Waals surface area contributed by atoms with Gasteiger partial charge in [-0.1, -0.05) is 89.2 Å². The summed E-state index contributed by atoms with van der Waals surface area (Å²) in [7, 11) is 0. The molecule has 0 radical (unpaired) electrons. The fourth-order valence-corrected chi connectivity index (χ4v) is 6.54. The van der Waals surface area contributed by atoms with Crippen LogP contribution in [0.3, 0.4) is 0 Å². The molecule has 0 atom stereocenters. The van der Waals surface area contributed by atoms with Gasteiger partial charge < -0.3 is 4.40 Å². The van der Waals surface area contributed by atoms with Crippen LogP contribution in [0.1, 0.15) is 45.7 Å². The highest BCUT2D eigenvalue weighted by Crippen LogP contribution is 2.46. The first-order valence-electron chi connectivity index (χ1n) is 14.0. The number of halogens is 3. The summed E-state index contributed by atoms with van der Waals surface area (Å²) in [6.07, 6.45) is -2.53. The predicted molar refractivity (Wildman–Crippen MR) is 164 cm³/mol. The third kappa shape index (κ3) is 3.74. The van der Waals surface area contributed by atoms with Crippen molar-refractivity contribution >= 4 is 48.9 Å². The number of nitrogens with zero attached hydrogens (tertiary/aromatic N) is 2. The molecule has 41 heavy (non-hydrogen) atoms. The van der Waals surface area contributed by atoms with E-state index in [9.17, 15) is 13.2 Å². The molecule has 0 saturated heterocycles. The first-order valence-corrected chi connectivity index (χ1v) is 14.0. The number of alkyl halides is 3. The van der Waals surface area contributed by atoms with E-state index in [1.54, 1.807) is 0 Å². The van der Waals surface area contributed by atoms with Crippen LogP contribution in [0.15, 0.2) is 85.1 Å². The van der Waals surface area contributed by atoms with E-state index in [-0.39, 0.29) is 11.8 Å². The van der Waals surface area contributed by atoms with Crippen molar-refractivity contribution < 1.29 is 13.2 Å². The van der Waals surface area contributed by atoms with Crippen LogP contribution in [-0.2, 0) is 11.8 Å². The standard InChI is InChI=1S/C36H31F3N2/c1-34(2,3)28-19-23(18-21-10-6-7-12-24(21)28)31-33-26(16-17-40-31)25-13-9-14-27-30-22(20-35(4,5)36(37,38)39)11-8-15-29(30)41(33)32(25)27/h6-19H,20H2,1-5H3. The van der Waals surface area contributed by atoms with Crippen molar-refractivity contribution in [3.8, 4) is 11.3 Å². The van der Waals surface area contributed by atoms with Gasteiger partial charge in [-0.2, -0.15) is 13.2 Å². The molecule has 5 heteroatoms. The van der Waals surface area contributed by atoms with E-state index in [0.717, 1.165) is 54.7 Å². The van der Waals surface area contributed by atoms with Gasteiger partial charge >= 0.3 is 6.18 Å². The summed E-state index contributed by atoms with van der Waals surface area (Å²) >= 11 is 0. The van der Waals surface area contributed by atoms with Gasteiger partial charge in [-0.05, 0) is 58.0 Å². The smallest absolute Gasteiger partial charge is 0.306 e. The van der Waals surface area contributed by atoms with Gasteiger partial charge in [0.15, 0.2) is 0 Å². The van der Waals surface area contributed by atoms with E-state index in [0.29, 0.717) is 5.56 Å². The minimum absolute atomic E-state index is 0.0792. The Kier molecular flexibility index (Phi) is 5.32. The first-order chi connectivity index (χ1) is 19.4. The molecule has 3 heterocycles. The molecule has 0 amide bonds. The van der Waals surface area contributed by atoms with Crippen molar-refractivity contribution in [3.63, 3.8) is 0 Å². The Bertz CT molecular complexity index is 2120. The highest BCUT2D eigenvalue weighted by molar-refractivity contribution is 6.25. The lowest BCUT2D eigenvalue weighted by Crippen LogP contribution is -2.34. The molecule has 0 fully saturated rings. The number of pyridine rings is 1. The van der Waals surface area contributed by atoms with Crippen molar-refractivity contribution in [2.45, 2.75) is 52.6 Å². The van der Waals surface area contributed by atoms with Gasteiger partial charge in [-0.25, -0.2) is 0 Å². The van der Waals surface area contributed by atoms with Crippen molar-refractivity contribution in [2.24, 2.45) is 5.41 Å². The molecule has 0 aliphatic carbocycles. The minimum Gasteiger partial charge on any atom is -0.306 e. The normalized spacial score (nSPS) is 13.5. The van der Waals surface area contributed by atoms with Crippen LogP contribution in [-0.4, -0.2) is 15.6 Å². The zero-order valence-corrected chi connectivity index (χ0v) is 23.8. The molecule has 0 aliphatic rings. The van der Waals surface area contributed by atoms with Gasteiger partial charge in [0.1, 0.15) is 0 Å². The molecule has 206 valence electrons. The Balaban J connectivity index is 1.59. The zero-order valence-electron chi connectivity index (χ0n) is 23.8. The maximum absolute atomic E-state index is 14.0. The summed E-state index contributed by atoms with van der Waals surface area (Å²) in [6, 6.07) is 26.9. The molecule has 0 aliphatic heterocycles. The number of aromatic nitrogens is 2. The third-order valence-electron chi connectivity index (χ3n) is 8.68. The van der Waals surface area contributed by atoms with Gasteiger partial charge in [-0.3, -0.25) is 4.98 Å². The van der Waals surface area contributed by atoms with E-state index in [2.05, 4.69) is 73.7 Å². The molecule has 0 saturated carbocycles. The Morgan fingerprint density at radius 2 is 1.39 bits per heavy atom. The molecule has 7 rings (SSSR count). The van der Waals surface area contributed by atoms with Crippen LogP contribution in [0.5, 0.6) is 0 Å². The summed E-state index contributed by atoms with van der Waals surface area (Å²) in [5.41, 5.74) is 4.85. The summed E-state index contributed by atoms with van der Waals surface area (Å²) in [5.74, 6) is 0. The lowest BCUT2D eigenvalue weighted by atomic mass is 9.82. The monoisotopic (exact) mass is 548 g/mol. The van der Waals surface area contributed by atoms with E-state index in [1.807, 2.05) is 36.5 Å². The third-order valence-corrected chi connectivity index (χ3v) is 8.68. The Hall–Kier alpha value is -4.12. The quantitative estimate of drug-likeness (QED) is 0.215. The van der Waals surface area contributed by atoms with Crippen LogP contribution in [0.4, 0.5) is 13.2 Å². The van der Waals surface area contributed by atoms with Crippen molar-refractivity contribution in [1.82, 2.24) is 9.38 Å². The van der Waals surface area contributed by atoms with Crippen LogP contribution < -0.4 is 0 Å². The number of fused-ring (bicyclic) bond motifs is 7. The topological polar surface area (TPSA) is 17.3 Å².